The van der Waals surface area contributed by atoms with Crippen LogP contribution in [0, 0.1) is 0 Å². The van der Waals surface area contributed by atoms with E-state index in [2.05, 4.69) is 0 Å². The number of hydrogen-bond donors (Lipinski definition) is 0. The lowest BCUT2D eigenvalue weighted by Gasteiger charge is -2.23. The molecule has 2 aromatic carbocycles. The predicted octanol–water partition coefficient (Wildman–Crippen LogP) is 2.24. The molecule has 1 heterocycles. The molecule has 0 aromatic heterocycles. The fourth-order valence-electron chi connectivity index (χ4n) is 2.15. The highest BCUT2D eigenvalue weighted by Crippen LogP contribution is 2.28. The van der Waals surface area contributed by atoms with Crippen LogP contribution in [-0.4, -0.2) is 49.8 Å². The Labute approximate surface area is 118 Å². The number of hydrogen-bond acceptors (Lipinski definition) is 3. The maximum atomic E-state index is 11.9. The first kappa shape index (κ1) is 14.2. The van der Waals surface area contributed by atoms with Gasteiger partial charge in [0.1, 0.15) is 0 Å². The zero-order chi connectivity index (χ0) is 14.9. The van der Waals surface area contributed by atoms with Crippen molar-refractivity contribution < 1.29 is 9.59 Å². The second-order valence-corrected chi connectivity index (χ2v) is 5.22. The second-order valence-electron chi connectivity index (χ2n) is 5.22. The summed E-state index contributed by atoms with van der Waals surface area (Å²) < 4.78 is 0. The molecule has 2 aromatic rings. The van der Waals surface area contributed by atoms with E-state index in [1.165, 1.54) is 7.05 Å². The average Bonchev–Trinajstić information content (AvgIpc) is 2.41. The van der Waals surface area contributed by atoms with Crippen LogP contribution in [0.25, 0.3) is 10.8 Å². The predicted molar refractivity (Wildman–Crippen MR) is 80.0 cm³/mol. The molecule has 0 N–H and O–H groups in total. The molecular weight excluding hydrogens is 252 g/mol. The lowest BCUT2D eigenvalue weighted by atomic mass is 9.94. The lowest BCUT2D eigenvalue weighted by Crippen LogP contribution is -2.36. The Morgan fingerprint density at radius 2 is 1.25 bits per heavy atom. The summed E-state index contributed by atoms with van der Waals surface area (Å²) in [5.74, 6) is -0.455. The Morgan fingerprint density at radius 3 is 1.65 bits per heavy atom. The van der Waals surface area contributed by atoms with E-state index in [1.54, 1.807) is 12.1 Å². The Morgan fingerprint density at radius 1 is 0.850 bits per heavy atom. The molecule has 2 amide bonds. The van der Waals surface area contributed by atoms with Crippen molar-refractivity contribution in [3.8, 4) is 0 Å². The molecule has 1 aliphatic rings. The zero-order valence-electron chi connectivity index (χ0n) is 12.2. The SMILES string of the molecule is CN(C)C.CN1C(=O)c2cccc3cccc(c23)C1=O. The molecule has 0 bridgehead atoms. The van der Waals surface area contributed by atoms with E-state index < -0.39 is 0 Å². The van der Waals surface area contributed by atoms with E-state index in [0.29, 0.717) is 11.1 Å². The molecule has 4 nitrogen and oxygen atoms in total. The third-order valence-electron chi connectivity index (χ3n) is 2.97. The van der Waals surface area contributed by atoms with Gasteiger partial charge < -0.3 is 4.90 Å². The van der Waals surface area contributed by atoms with Gasteiger partial charge in [-0.3, -0.25) is 14.5 Å². The number of benzene rings is 2. The molecule has 4 heteroatoms. The minimum Gasteiger partial charge on any atom is -0.312 e. The Kier molecular flexibility index (Phi) is 3.86. The Hall–Kier alpha value is -2.20. The fraction of sp³-hybridized carbons (Fsp3) is 0.250. The van der Waals surface area contributed by atoms with Crippen LogP contribution in [0.4, 0.5) is 0 Å². The molecule has 0 fully saturated rings. The number of rotatable bonds is 0. The van der Waals surface area contributed by atoms with E-state index in [1.807, 2.05) is 50.3 Å². The van der Waals surface area contributed by atoms with Crippen LogP contribution >= 0.6 is 0 Å². The van der Waals surface area contributed by atoms with Crippen molar-refractivity contribution in [3.63, 3.8) is 0 Å². The summed E-state index contributed by atoms with van der Waals surface area (Å²) in [6.45, 7) is 0. The van der Waals surface area contributed by atoms with Gasteiger partial charge >= 0.3 is 0 Å². The first-order valence-corrected chi connectivity index (χ1v) is 6.38. The maximum absolute atomic E-state index is 11.9. The minimum atomic E-state index is -0.228. The summed E-state index contributed by atoms with van der Waals surface area (Å²) in [5, 5.41) is 1.71. The first-order valence-electron chi connectivity index (χ1n) is 6.38. The van der Waals surface area contributed by atoms with Gasteiger partial charge in [-0.1, -0.05) is 24.3 Å². The van der Waals surface area contributed by atoms with Gasteiger partial charge in [0, 0.05) is 23.6 Å². The number of nitrogens with zero attached hydrogens (tertiary/aromatic N) is 2. The van der Waals surface area contributed by atoms with Gasteiger partial charge in [0.05, 0.1) is 0 Å². The van der Waals surface area contributed by atoms with Crippen molar-refractivity contribution in [3.05, 3.63) is 47.5 Å². The zero-order valence-corrected chi connectivity index (χ0v) is 12.2. The van der Waals surface area contributed by atoms with Gasteiger partial charge in [0.25, 0.3) is 11.8 Å². The molecule has 0 saturated heterocycles. The number of amides is 2. The van der Waals surface area contributed by atoms with Crippen LogP contribution in [0.5, 0.6) is 0 Å². The molecule has 104 valence electrons. The smallest absolute Gasteiger partial charge is 0.261 e. The third-order valence-corrected chi connectivity index (χ3v) is 2.97. The number of carbonyl (C=O) groups is 2. The van der Waals surface area contributed by atoms with Crippen LogP contribution in [0.3, 0.4) is 0 Å². The summed E-state index contributed by atoms with van der Waals surface area (Å²) in [6.07, 6.45) is 0. The van der Waals surface area contributed by atoms with E-state index >= 15 is 0 Å². The monoisotopic (exact) mass is 270 g/mol. The van der Waals surface area contributed by atoms with Gasteiger partial charge in [-0.25, -0.2) is 0 Å². The van der Waals surface area contributed by atoms with Gasteiger partial charge in [0.2, 0.25) is 0 Å². The van der Waals surface area contributed by atoms with Crippen molar-refractivity contribution in [2.45, 2.75) is 0 Å². The molecule has 0 spiro atoms. The molecule has 1 aliphatic heterocycles. The number of imide groups is 1. The standard InChI is InChI=1S/C13H9NO2.C3H9N/c1-14-12(15)9-6-2-4-8-5-3-7-10(11(8)9)13(14)16;1-4(2)3/h2-7H,1H3;1-3H3. The summed E-state index contributed by atoms with van der Waals surface area (Å²) in [6, 6.07) is 11.0. The van der Waals surface area contributed by atoms with E-state index in [-0.39, 0.29) is 11.8 Å². The Bertz CT molecular complexity index is 624. The van der Waals surface area contributed by atoms with Gasteiger partial charge in [-0.05, 0) is 38.7 Å². The number of carbonyl (C=O) groups excluding carboxylic acids is 2. The van der Waals surface area contributed by atoms with Crippen molar-refractivity contribution in [2.24, 2.45) is 0 Å². The minimum absolute atomic E-state index is 0.227. The Balaban J connectivity index is 0.000000328. The van der Waals surface area contributed by atoms with Crippen LogP contribution in [0.15, 0.2) is 36.4 Å². The van der Waals surface area contributed by atoms with E-state index in [0.717, 1.165) is 15.7 Å². The maximum Gasteiger partial charge on any atom is 0.261 e. The van der Waals surface area contributed by atoms with Crippen LogP contribution in [0.2, 0.25) is 0 Å². The van der Waals surface area contributed by atoms with Crippen molar-refractivity contribution in [1.82, 2.24) is 9.80 Å². The van der Waals surface area contributed by atoms with E-state index in [4.69, 9.17) is 0 Å². The molecule has 0 aliphatic carbocycles. The molecule has 0 unspecified atom stereocenters. The van der Waals surface area contributed by atoms with Crippen LogP contribution in [-0.2, 0) is 0 Å². The fourth-order valence-corrected chi connectivity index (χ4v) is 2.15. The van der Waals surface area contributed by atoms with Crippen LogP contribution < -0.4 is 0 Å². The van der Waals surface area contributed by atoms with E-state index in [9.17, 15) is 9.59 Å². The molecule has 3 rings (SSSR count). The average molecular weight is 270 g/mol. The summed E-state index contributed by atoms with van der Waals surface area (Å²) in [4.78, 5) is 27.0. The molecule has 0 atom stereocenters. The van der Waals surface area contributed by atoms with Gasteiger partial charge in [0.15, 0.2) is 0 Å². The largest absolute Gasteiger partial charge is 0.312 e. The second kappa shape index (κ2) is 5.43. The third kappa shape index (κ3) is 2.42. The molecule has 0 saturated carbocycles. The highest BCUT2D eigenvalue weighted by atomic mass is 16.2. The lowest BCUT2D eigenvalue weighted by molar-refractivity contribution is 0.0650. The van der Waals surface area contributed by atoms with Gasteiger partial charge in [-0.2, -0.15) is 0 Å². The molecule has 0 radical (unpaired) electrons. The normalized spacial score (nSPS) is 13.6. The summed E-state index contributed by atoms with van der Waals surface area (Å²) in [5.41, 5.74) is 1.21. The van der Waals surface area contributed by atoms with Crippen molar-refractivity contribution in [1.29, 1.82) is 0 Å². The molecular formula is C16H18N2O2. The summed E-state index contributed by atoms with van der Waals surface area (Å²) in [7, 11) is 7.51. The quantitative estimate of drug-likeness (QED) is 0.689. The summed E-state index contributed by atoms with van der Waals surface area (Å²) >= 11 is 0. The van der Waals surface area contributed by atoms with Gasteiger partial charge in [-0.15, -0.1) is 0 Å². The topological polar surface area (TPSA) is 40.6 Å². The van der Waals surface area contributed by atoms with Crippen molar-refractivity contribution in [2.75, 3.05) is 28.2 Å². The van der Waals surface area contributed by atoms with Crippen molar-refractivity contribution >= 4 is 22.6 Å². The highest BCUT2D eigenvalue weighted by Gasteiger charge is 2.29. The molecule has 20 heavy (non-hydrogen) atoms. The first-order chi connectivity index (χ1) is 9.43. The van der Waals surface area contributed by atoms with Crippen LogP contribution in [0.1, 0.15) is 20.7 Å². The highest BCUT2D eigenvalue weighted by molar-refractivity contribution is 6.25.